The van der Waals surface area contributed by atoms with Gasteiger partial charge in [-0.05, 0) is 11.4 Å². The molecular formula is C20H23N3O4S2. The van der Waals surface area contributed by atoms with E-state index >= 15 is 0 Å². The summed E-state index contributed by atoms with van der Waals surface area (Å²) in [4.78, 5) is 6.51. The molecule has 0 aliphatic heterocycles. The Hall–Kier alpha value is -2.62. The van der Waals surface area contributed by atoms with E-state index in [4.69, 9.17) is 24.0 Å². The Kier molecular flexibility index (Phi) is 7.45. The van der Waals surface area contributed by atoms with E-state index in [0.717, 1.165) is 20.9 Å². The molecular weight excluding hydrogens is 410 g/mol. The highest BCUT2D eigenvalue weighted by molar-refractivity contribution is 7.14. The van der Waals surface area contributed by atoms with Crippen LogP contribution < -0.4 is 19.0 Å². The van der Waals surface area contributed by atoms with Crippen LogP contribution in [0.25, 0.3) is 10.6 Å². The summed E-state index contributed by atoms with van der Waals surface area (Å²) in [6.45, 7) is 1.11. The van der Waals surface area contributed by atoms with Gasteiger partial charge < -0.3 is 18.9 Å². The first-order valence-corrected chi connectivity index (χ1v) is 10.6. The summed E-state index contributed by atoms with van der Waals surface area (Å²) in [5, 5.41) is 8.81. The summed E-state index contributed by atoms with van der Waals surface area (Å²) in [5.74, 6) is 1.86. The van der Waals surface area contributed by atoms with Gasteiger partial charge in [0.2, 0.25) is 4.80 Å². The van der Waals surface area contributed by atoms with Crippen molar-refractivity contribution in [3.05, 3.63) is 45.4 Å². The van der Waals surface area contributed by atoms with Crippen LogP contribution in [-0.4, -0.2) is 52.5 Å². The molecule has 0 amide bonds. The molecule has 0 fully saturated rings. The van der Waals surface area contributed by atoms with E-state index in [2.05, 4.69) is 16.4 Å². The Labute approximate surface area is 177 Å². The van der Waals surface area contributed by atoms with Crippen LogP contribution in [-0.2, 0) is 4.74 Å². The van der Waals surface area contributed by atoms with E-state index in [9.17, 15) is 0 Å². The van der Waals surface area contributed by atoms with Crippen molar-refractivity contribution in [2.45, 2.75) is 0 Å². The van der Waals surface area contributed by atoms with Gasteiger partial charge in [0, 0.05) is 24.6 Å². The standard InChI is InChI=1S/C20H23N3O4S2/c1-24-8-7-21-20-23(16(13-29-20)19-6-5-9-28-19)22-12-15-17(26-3)10-14(25-2)11-18(15)27-4/h5-6,9-13H,7-8H2,1-4H3. The number of thiazole rings is 1. The summed E-state index contributed by atoms with van der Waals surface area (Å²) in [6, 6.07) is 7.67. The molecule has 0 spiro atoms. The molecule has 3 aromatic rings. The second kappa shape index (κ2) is 10.2. The summed E-state index contributed by atoms with van der Waals surface area (Å²) in [6.07, 6.45) is 1.72. The number of thiophene rings is 1. The molecule has 7 nitrogen and oxygen atoms in total. The first-order valence-electron chi connectivity index (χ1n) is 8.80. The molecule has 1 aromatic carbocycles. The second-order valence-electron chi connectivity index (χ2n) is 5.76. The van der Waals surface area contributed by atoms with Gasteiger partial charge in [0.05, 0.1) is 56.8 Å². The minimum absolute atomic E-state index is 0.552. The molecule has 0 saturated carbocycles. The number of rotatable bonds is 9. The lowest BCUT2D eigenvalue weighted by Gasteiger charge is -2.12. The maximum Gasteiger partial charge on any atom is 0.206 e. The maximum absolute atomic E-state index is 5.52. The molecule has 3 rings (SSSR count). The number of hydrogen-bond donors (Lipinski definition) is 0. The van der Waals surface area contributed by atoms with E-state index in [1.54, 1.807) is 58.1 Å². The lowest BCUT2D eigenvalue weighted by atomic mass is 10.2. The number of hydrogen-bond acceptors (Lipinski definition) is 8. The first kappa shape index (κ1) is 21.1. The molecule has 0 bridgehead atoms. The molecule has 0 aliphatic rings. The molecule has 0 N–H and O–H groups in total. The zero-order valence-electron chi connectivity index (χ0n) is 16.7. The third-order valence-corrected chi connectivity index (χ3v) is 5.80. The van der Waals surface area contributed by atoms with Gasteiger partial charge in [0.1, 0.15) is 17.2 Å². The van der Waals surface area contributed by atoms with Gasteiger partial charge in [0.15, 0.2) is 0 Å². The summed E-state index contributed by atoms with van der Waals surface area (Å²) >= 11 is 3.19. The topological polar surface area (TPSA) is 66.6 Å². The quantitative estimate of drug-likeness (QED) is 0.381. The van der Waals surface area contributed by atoms with Gasteiger partial charge in [-0.25, -0.2) is 4.68 Å². The average Bonchev–Trinajstić information content (AvgIpc) is 3.41. The molecule has 9 heteroatoms. The fraction of sp³-hybridized carbons (Fsp3) is 0.300. The molecule has 29 heavy (non-hydrogen) atoms. The highest BCUT2D eigenvalue weighted by Crippen LogP contribution is 2.33. The van der Waals surface area contributed by atoms with Crippen LogP contribution in [0.15, 0.2) is 45.1 Å². The highest BCUT2D eigenvalue weighted by Gasteiger charge is 2.13. The van der Waals surface area contributed by atoms with Crippen LogP contribution in [0.1, 0.15) is 5.56 Å². The van der Waals surface area contributed by atoms with Crippen LogP contribution in [0.3, 0.4) is 0 Å². The Balaban J connectivity index is 2.08. The summed E-state index contributed by atoms with van der Waals surface area (Å²) < 4.78 is 23.3. The van der Waals surface area contributed by atoms with Crippen molar-refractivity contribution >= 4 is 28.9 Å². The van der Waals surface area contributed by atoms with Gasteiger partial charge in [-0.2, -0.15) is 5.10 Å². The van der Waals surface area contributed by atoms with Crippen molar-refractivity contribution in [2.24, 2.45) is 10.1 Å². The van der Waals surface area contributed by atoms with Crippen LogP contribution >= 0.6 is 22.7 Å². The van der Waals surface area contributed by atoms with Crippen molar-refractivity contribution in [1.29, 1.82) is 0 Å². The second-order valence-corrected chi connectivity index (χ2v) is 7.54. The minimum Gasteiger partial charge on any atom is -0.496 e. The van der Waals surface area contributed by atoms with E-state index in [-0.39, 0.29) is 0 Å². The zero-order valence-corrected chi connectivity index (χ0v) is 18.4. The van der Waals surface area contributed by atoms with Crippen molar-refractivity contribution in [2.75, 3.05) is 41.6 Å². The lowest BCUT2D eigenvalue weighted by Crippen LogP contribution is -2.13. The normalized spacial score (nSPS) is 11.9. The maximum atomic E-state index is 5.52. The number of benzene rings is 1. The van der Waals surface area contributed by atoms with Crippen LogP contribution in [0.5, 0.6) is 17.2 Å². The summed E-state index contributed by atoms with van der Waals surface area (Å²) in [5.41, 5.74) is 1.69. The van der Waals surface area contributed by atoms with Crippen LogP contribution in [0.2, 0.25) is 0 Å². The number of methoxy groups -OCH3 is 4. The third-order valence-electron chi connectivity index (χ3n) is 4.06. The molecule has 0 saturated heterocycles. The van der Waals surface area contributed by atoms with Gasteiger partial charge in [-0.3, -0.25) is 4.99 Å². The van der Waals surface area contributed by atoms with E-state index in [0.29, 0.717) is 30.4 Å². The third kappa shape index (κ3) is 4.87. The SMILES string of the molecule is COCCN=c1scc(-c2cccs2)n1N=Cc1c(OC)cc(OC)cc1OC. The summed E-state index contributed by atoms with van der Waals surface area (Å²) in [7, 11) is 6.47. The minimum atomic E-state index is 0.552. The number of ether oxygens (including phenoxy) is 4. The van der Waals surface area contributed by atoms with E-state index in [1.165, 1.54) is 11.3 Å². The number of nitrogens with zero attached hydrogens (tertiary/aromatic N) is 3. The molecule has 2 heterocycles. The van der Waals surface area contributed by atoms with Crippen molar-refractivity contribution < 1.29 is 18.9 Å². The first-order chi connectivity index (χ1) is 14.2. The Bertz CT molecular complexity index is 998. The van der Waals surface area contributed by atoms with Crippen molar-refractivity contribution in [3.63, 3.8) is 0 Å². The molecule has 0 radical (unpaired) electrons. The van der Waals surface area contributed by atoms with Gasteiger partial charge in [-0.1, -0.05) is 6.07 Å². The number of aromatic nitrogens is 1. The highest BCUT2D eigenvalue weighted by atomic mass is 32.1. The predicted molar refractivity (Wildman–Crippen MR) is 117 cm³/mol. The van der Waals surface area contributed by atoms with Crippen LogP contribution in [0, 0.1) is 0 Å². The Morgan fingerprint density at radius 3 is 2.38 bits per heavy atom. The smallest absolute Gasteiger partial charge is 0.206 e. The molecule has 0 atom stereocenters. The molecule has 154 valence electrons. The molecule has 2 aromatic heterocycles. The predicted octanol–water partition coefficient (Wildman–Crippen LogP) is 3.73. The average molecular weight is 434 g/mol. The Morgan fingerprint density at radius 1 is 1.03 bits per heavy atom. The van der Waals surface area contributed by atoms with Crippen molar-refractivity contribution in [3.8, 4) is 27.8 Å². The van der Waals surface area contributed by atoms with E-state index in [1.807, 2.05) is 16.1 Å². The fourth-order valence-electron chi connectivity index (χ4n) is 2.62. The van der Waals surface area contributed by atoms with Crippen LogP contribution in [0.4, 0.5) is 0 Å². The molecule has 0 aliphatic carbocycles. The van der Waals surface area contributed by atoms with Gasteiger partial charge >= 0.3 is 0 Å². The molecule has 0 unspecified atom stereocenters. The monoisotopic (exact) mass is 433 g/mol. The lowest BCUT2D eigenvalue weighted by molar-refractivity contribution is 0.207. The zero-order chi connectivity index (χ0) is 20.6. The van der Waals surface area contributed by atoms with Gasteiger partial charge in [-0.15, -0.1) is 22.7 Å². The van der Waals surface area contributed by atoms with E-state index < -0.39 is 0 Å². The van der Waals surface area contributed by atoms with Crippen molar-refractivity contribution in [1.82, 2.24) is 4.68 Å². The largest absolute Gasteiger partial charge is 0.496 e. The van der Waals surface area contributed by atoms with Gasteiger partial charge in [0.25, 0.3) is 0 Å². The fourth-order valence-corrected chi connectivity index (χ4v) is 4.28. The Morgan fingerprint density at radius 2 is 1.79 bits per heavy atom.